The zero-order valence-electron chi connectivity index (χ0n) is 14.3. The Labute approximate surface area is 147 Å². The van der Waals surface area contributed by atoms with E-state index in [-0.39, 0.29) is 12.0 Å². The maximum atomic E-state index is 12.2. The van der Waals surface area contributed by atoms with Gasteiger partial charge in [0.1, 0.15) is 17.6 Å². The van der Waals surface area contributed by atoms with Gasteiger partial charge in [-0.3, -0.25) is 4.79 Å². The van der Waals surface area contributed by atoms with E-state index in [9.17, 15) is 13.2 Å². The van der Waals surface area contributed by atoms with Crippen molar-refractivity contribution in [2.24, 2.45) is 0 Å². The fourth-order valence-electron chi connectivity index (χ4n) is 2.96. The standard InChI is InChI=1S/C18H21NO5S/c1-23-16-6-5-13-9-15(4-3-14(13)10-16)17-11-19(7-8-24-17)18(20)12-25(2,21)22/h3-6,9-10,17H,7-8,11-12H2,1-2H3. The van der Waals surface area contributed by atoms with E-state index in [0.717, 1.165) is 28.3 Å². The van der Waals surface area contributed by atoms with Crippen LogP contribution in [0.1, 0.15) is 11.7 Å². The first-order valence-electron chi connectivity index (χ1n) is 8.00. The van der Waals surface area contributed by atoms with Crippen LogP contribution in [0.4, 0.5) is 0 Å². The van der Waals surface area contributed by atoms with Crippen LogP contribution in [-0.2, 0) is 19.4 Å². The Balaban J connectivity index is 1.79. The molecular weight excluding hydrogens is 342 g/mol. The number of carbonyl (C=O) groups is 1. The van der Waals surface area contributed by atoms with Crippen molar-refractivity contribution < 1.29 is 22.7 Å². The van der Waals surface area contributed by atoms with Crippen molar-refractivity contribution in [1.29, 1.82) is 0 Å². The zero-order chi connectivity index (χ0) is 18.0. The molecule has 7 heteroatoms. The quantitative estimate of drug-likeness (QED) is 0.828. The number of amides is 1. The van der Waals surface area contributed by atoms with Gasteiger partial charge in [0.05, 0.1) is 20.3 Å². The minimum absolute atomic E-state index is 0.260. The molecule has 1 saturated heterocycles. The van der Waals surface area contributed by atoms with Gasteiger partial charge in [-0.05, 0) is 34.5 Å². The molecule has 25 heavy (non-hydrogen) atoms. The number of ether oxygens (including phenoxy) is 2. The Bertz CT molecular complexity index is 893. The molecule has 2 aromatic carbocycles. The molecule has 134 valence electrons. The molecule has 1 fully saturated rings. The van der Waals surface area contributed by atoms with E-state index in [4.69, 9.17) is 9.47 Å². The summed E-state index contributed by atoms with van der Waals surface area (Å²) >= 11 is 0. The molecule has 0 aromatic heterocycles. The van der Waals surface area contributed by atoms with Crippen molar-refractivity contribution in [3.8, 4) is 5.75 Å². The number of methoxy groups -OCH3 is 1. The fraction of sp³-hybridized carbons (Fsp3) is 0.389. The average Bonchev–Trinajstić information content (AvgIpc) is 2.59. The third kappa shape index (κ3) is 4.29. The lowest BCUT2D eigenvalue weighted by atomic mass is 10.0. The largest absolute Gasteiger partial charge is 0.497 e. The Morgan fingerprint density at radius 3 is 2.68 bits per heavy atom. The smallest absolute Gasteiger partial charge is 0.237 e. The van der Waals surface area contributed by atoms with Crippen LogP contribution in [0.2, 0.25) is 0 Å². The molecule has 2 aromatic rings. The Morgan fingerprint density at radius 2 is 1.96 bits per heavy atom. The van der Waals surface area contributed by atoms with Crippen LogP contribution in [0.15, 0.2) is 36.4 Å². The van der Waals surface area contributed by atoms with E-state index < -0.39 is 15.6 Å². The normalized spacial score (nSPS) is 18.3. The van der Waals surface area contributed by atoms with Crippen molar-refractivity contribution in [3.63, 3.8) is 0 Å². The zero-order valence-corrected chi connectivity index (χ0v) is 15.1. The summed E-state index contributed by atoms with van der Waals surface area (Å²) in [5.41, 5.74) is 0.967. The number of hydrogen-bond donors (Lipinski definition) is 0. The third-order valence-corrected chi connectivity index (χ3v) is 5.02. The summed E-state index contributed by atoms with van der Waals surface area (Å²) in [6, 6.07) is 11.8. The van der Waals surface area contributed by atoms with Gasteiger partial charge < -0.3 is 14.4 Å². The van der Waals surface area contributed by atoms with Crippen LogP contribution in [0, 0.1) is 0 Å². The average molecular weight is 363 g/mol. The van der Waals surface area contributed by atoms with E-state index in [1.165, 1.54) is 0 Å². The SMILES string of the molecule is COc1ccc2cc(C3CN(C(=O)CS(C)(=O)=O)CCO3)ccc2c1. The topological polar surface area (TPSA) is 72.9 Å². The Morgan fingerprint density at radius 1 is 1.24 bits per heavy atom. The molecule has 0 N–H and O–H groups in total. The molecule has 0 aliphatic carbocycles. The van der Waals surface area contributed by atoms with Gasteiger partial charge in [0.25, 0.3) is 0 Å². The Hall–Kier alpha value is -2.12. The summed E-state index contributed by atoms with van der Waals surface area (Å²) in [6.07, 6.45) is 0.809. The summed E-state index contributed by atoms with van der Waals surface area (Å²) in [4.78, 5) is 13.7. The number of carbonyl (C=O) groups excluding carboxylic acids is 1. The fourth-order valence-corrected chi connectivity index (χ4v) is 3.59. The van der Waals surface area contributed by atoms with Gasteiger partial charge >= 0.3 is 0 Å². The number of nitrogens with zero attached hydrogens (tertiary/aromatic N) is 1. The highest BCUT2D eigenvalue weighted by atomic mass is 32.2. The summed E-state index contributed by atoms with van der Waals surface area (Å²) in [7, 11) is -1.70. The molecule has 0 spiro atoms. The number of fused-ring (bicyclic) bond motifs is 1. The van der Waals surface area contributed by atoms with Crippen LogP contribution >= 0.6 is 0 Å². The van der Waals surface area contributed by atoms with Crippen LogP contribution in [-0.4, -0.2) is 58.0 Å². The van der Waals surface area contributed by atoms with Gasteiger partial charge in [-0.1, -0.05) is 18.2 Å². The summed E-state index contributed by atoms with van der Waals surface area (Å²) in [6.45, 7) is 1.16. The van der Waals surface area contributed by atoms with Crippen molar-refractivity contribution >= 4 is 26.5 Å². The van der Waals surface area contributed by atoms with Gasteiger partial charge in [-0.2, -0.15) is 0 Å². The maximum absolute atomic E-state index is 12.2. The number of benzene rings is 2. The highest BCUT2D eigenvalue weighted by molar-refractivity contribution is 7.91. The first-order valence-corrected chi connectivity index (χ1v) is 10.1. The second kappa shape index (κ2) is 7.01. The molecule has 1 atom stereocenters. The van der Waals surface area contributed by atoms with Crippen molar-refractivity contribution in [2.45, 2.75) is 6.10 Å². The van der Waals surface area contributed by atoms with E-state index in [1.54, 1.807) is 12.0 Å². The van der Waals surface area contributed by atoms with Crippen LogP contribution < -0.4 is 4.74 Å². The molecule has 0 saturated carbocycles. The maximum Gasteiger partial charge on any atom is 0.237 e. The van der Waals surface area contributed by atoms with Crippen molar-refractivity contribution in [3.05, 3.63) is 42.0 Å². The molecule has 1 aliphatic rings. The minimum Gasteiger partial charge on any atom is -0.497 e. The molecule has 1 heterocycles. The Kier molecular flexibility index (Phi) is 4.96. The van der Waals surface area contributed by atoms with E-state index in [2.05, 4.69) is 0 Å². The van der Waals surface area contributed by atoms with E-state index >= 15 is 0 Å². The molecular formula is C18H21NO5S. The number of hydrogen-bond acceptors (Lipinski definition) is 5. The molecule has 1 aliphatic heterocycles. The molecule has 3 rings (SSSR count). The van der Waals surface area contributed by atoms with Gasteiger partial charge in [-0.25, -0.2) is 8.42 Å². The molecule has 1 amide bonds. The monoisotopic (exact) mass is 363 g/mol. The van der Waals surface area contributed by atoms with Gasteiger partial charge in [0.2, 0.25) is 5.91 Å². The second-order valence-corrected chi connectivity index (χ2v) is 8.38. The summed E-state index contributed by atoms with van der Waals surface area (Å²) in [5, 5.41) is 2.12. The summed E-state index contributed by atoms with van der Waals surface area (Å²) < 4.78 is 33.7. The minimum atomic E-state index is -3.33. The molecule has 1 unspecified atom stereocenters. The first kappa shape index (κ1) is 17.7. The molecule has 0 radical (unpaired) electrons. The lowest BCUT2D eigenvalue weighted by Gasteiger charge is -2.33. The highest BCUT2D eigenvalue weighted by Crippen LogP contribution is 2.28. The lowest BCUT2D eigenvalue weighted by Crippen LogP contribution is -2.44. The van der Waals surface area contributed by atoms with Crippen LogP contribution in [0.25, 0.3) is 10.8 Å². The van der Waals surface area contributed by atoms with Gasteiger partial charge in [0.15, 0.2) is 9.84 Å². The van der Waals surface area contributed by atoms with Crippen LogP contribution in [0.5, 0.6) is 5.75 Å². The first-order chi connectivity index (χ1) is 11.9. The third-order valence-electron chi connectivity index (χ3n) is 4.25. The summed E-state index contributed by atoms with van der Waals surface area (Å²) in [5.74, 6) is -0.0370. The van der Waals surface area contributed by atoms with Gasteiger partial charge in [0, 0.05) is 12.8 Å². The number of sulfone groups is 1. The van der Waals surface area contributed by atoms with Crippen molar-refractivity contribution in [2.75, 3.05) is 38.8 Å². The predicted molar refractivity (Wildman–Crippen MR) is 95.5 cm³/mol. The van der Waals surface area contributed by atoms with E-state index in [0.29, 0.717) is 19.7 Å². The lowest BCUT2D eigenvalue weighted by molar-refractivity contribution is -0.136. The van der Waals surface area contributed by atoms with Gasteiger partial charge in [-0.15, -0.1) is 0 Å². The number of morpholine rings is 1. The molecule has 6 nitrogen and oxygen atoms in total. The second-order valence-electron chi connectivity index (χ2n) is 6.24. The number of rotatable bonds is 4. The highest BCUT2D eigenvalue weighted by Gasteiger charge is 2.27. The molecule has 0 bridgehead atoms. The van der Waals surface area contributed by atoms with E-state index in [1.807, 2.05) is 36.4 Å². The van der Waals surface area contributed by atoms with Crippen molar-refractivity contribution in [1.82, 2.24) is 4.90 Å². The predicted octanol–water partition coefficient (Wildman–Crippen LogP) is 1.79. The van der Waals surface area contributed by atoms with Crippen LogP contribution in [0.3, 0.4) is 0 Å².